The molecule has 0 amide bonds. The highest BCUT2D eigenvalue weighted by molar-refractivity contribution is 5.51. The van der Waals surface area contributed by atoms with Crippen molar-refractivity contribution in [3.8, 4) is 11.8 Å². The van der Waals surface area contributed by atoms with Crippen LogP contribution in [0.3, 0.4) is 0 Å². The average molecular weight is 364 g/mol. The molecule has 3 rings (SSSR count). The second-order valence-electron chi connectivity index (χ2n) is 5.51. The Morgan fingerprint density at radius 1 is 1.24 bits per heavy atom. The number of nitriles is 1. The van der Waals surface area contributed by atoms with Gasteiger partial charge in [0.2, 0.25) is 0 Å². The molecule has 1 aliphatic rings. The Bertz CT molecular complexity index is 908. The maximum atomic E-state index is 13.7. The van der Waals surface area contributed by atoms with Crippen molar-refractivity contribution in [2.45, 2.75) is 24.6 Å². The molecule has 0 unspecified atom stereocenters. The molecule has 10 heteroatoms. The van der Waals surface area contributed by atoms with Crippen LogP contribution < -0.4 is 0 Å². The number of alkyl halides is 5. The average Bonchev–Trinajstić information content (AvgIpc) is 2.97. The van der Waals surface area contributed by atoms with E-state index < -0.39 is 64.3 Å². The van der Waals surface area contributed by atoms with Crippen LogP contribution >= 0.6 is 0 Å². The summed E-state index contributed by atoms with van der Waals surface area (Å²) in [6.07, 6.45) is -8.54. The van der Waals surface area contributed by atoms with Gasteiger partial charge in [-0.05, 0) is 6.07 Å². The number of hydrogen-bond donors (Lipinski definition) is 1. The molecule has 132 valence electrons. The van der Waals surface area contributed by atoms with Crippen molar-refractivity contribution in [3.05, 3.63) is 52.3 Å². The Balaban J connectivity index is 2.29. The van der Waals surface area contributed by atoms with Gasteiger partial charge in [0.25, 0.3) is 5.92 Å². The molecule has 1 aromatic carbocycles. The fourth-order valence-electron chi connectivity index (χ4n) is 2.83. The van der Waals surface area contributed by atoms with Crippen LogP contribution in [-0.4, -0.2) is 15.6 Å². The number of nitrogens with zero attached hydrogens (tertiary/aromatic N) is 2. The van der Waals surface area contributed by atoms with E-state index >= 15 is 0 Å². The summed E-state index contributed by atoms with van der Waals surface area (Å²) in [5, 5.41) is 18.3. The van der Waals surface area contributed by atoms with E-state index in [9.17, 15) is 35.8 Å². The summed E-state index contributed by atoms with van der Waals surface area (Å²) in [7, 11) is 0. The van der Waals surface area contributed by atoms with Crippen LogP contribution in [0.1, 0.15) is 28.5 Å². The summed E-state index contributed by atoms with van der Waals surface area (Å²) in [5.74, 6) is -6.86. The first-order valence-corrected chi connectivity index (χ1v) is 6.74. The molecule has 1 atom stereocenters. The molecule has 2 aromatic rings. The van der Waals surface area contributed by atoms with Crippen molar-refractivity contribution in [1.29, 1.82) is 5.26 Å². The quantitative estimate of drug-likeness (QED) is 0.781. The van der Waals surface area contributed by atoms with Gasteiger partial charge in [-0.1, -0.05) is 0 Å². The van der Waals surface area contributed by atoms with Crippen LogP contribution in [0.2, 0.25) is 0 Å². The van der Waals surface area contributed by atoms with Crippen molar-refractivity contribution in [2.75, 3.05) is 0 Å². The van der Waals surface area contributed by atoms with E-state index in [1.807, 2.05) is 0 Å². The lowest BCUT2D eigenvalue weighted by Gasteiger charge is -2.16. The van der Waals surface area contributed by atoms with E-state index in [2.05, 4.69) is 0 Å². The first-order valence-electron chi connectivity index (χ1n) is 6.74. The lowest BCUT2D eigenvalue weighted by molar-refractivity contribution is -0.142. The normalized spacial score (nSPS) is 18.9. The Morgan fingerprint density at radius 2 is 1.88 bits per heavy atom. The van der Waals surface area contributed by atoms with Crippen LogP contribution in [0, 0.1) is 23.0 Å². The summed E-state index contributed by atoms with van der Waals surface area (Å²) < 4.78 is 94.4. The number of rotatable bonds is 1. The zero-order valence-electron chi connectivity index (χ0n) is 12.0. The summed E-state index contributed by atoms with van der Waals surface area (Å²) in [5.41, 5.74) is -4.33. The molecule has 1 aliphatic carbocycles. The first kappa shape index (κ1) is 17.3. The van der Waals surface area contributed by atoms with Gasteiger partial charge in [-0.2, -0.15) is 18.4 Å². The molecular weight excluding hydrogens is 357 g/mol. The van der Waals surface area contributed by atoms with Crippen LogP contribution in [0.15, 0.2) is 18.3 Å². The highest BCUT2D eigenvalue weighted by Crippen LogP contribution is 2.49. The van der Waals surface area contributed by atoms with Gasteiger partial charge in [0.1, 0.15) is 12.2 Å². The van der Waals surface area contributed by atoms with Gasteiger partial charge in [-0.3, -0.25) is 0 Å². The summed E-state index contributed by atoms with van der Waals surface area (Å²) in [4.78, 5) is 0. The fourth-order valence-corrected chi connectivity index (χ4v) is 2.83. The van der Waals surface area contributed by atoms with Gasteiger partial charge in [0, 0.05) is 29.2 Å². The number of aliphatic hydroxyl groups is 1. The van der Waals surface area contributed by atoms with E-state index in [0.29, 0.717) is 16.8 Å². The maximum Gasteiger partial charge on any atom is 0.418 e. The van der Waals surface area contributed by atoms with E-state index in [0.717, 1.165) is 6.07 Å². The van der Waals surface area contributed by atoms with Gasteiger partial charge in [-0.25, -0.2) is 17.6 Å². The van der Waals surface area contributed by atoms with Gasteiger partial charge >= 0.3 is 6.18 Å². The molecular formula is C15H7F7N2O. The van der Waals surface area contributed by atoms with Crippen molar-refractivity contribution < 1.29 is 35.8 Å². The van der Waals surface area contributed by atoms with E-state index in [1.165, 1.54) is 6.07 Å². The van der Waals surface area contributed by atoms with Gasteiger partial charge < -0.3 is 9.67 Å². The van der Waals surface area contributed by atoms with Crippen molar-refractivity contribution in [3.63, 3.8) is 0 Å². The highest BCUT2D eigenvalue weighted by Gasteiger charge is 2.53. The number of aromatic nitrogens is 1. The van der Waals surface area contributed by atoms with Crippen molar-refractivity contribution >= 4 is 0 Å². The number of halogens is 7. The Morgan fingerprint density at radius 3 is 2.44 bits per heavy atom. The lowest BCUT2D eigenvalue weighted by atomic mass is 10.1. The number of hydrogen-bond acceptors (Lipinski definition) is 2. The molecule has 0 saturated heterocycles. The van der Waals surface area contributed by atoms with E-state index in [1.54, 1.807) is 0 Å². The molecule has 0 spiro atoms. The number of fused-ring (bicyclic) bond motifs is 1. The van der Waals surface area contributed by atoms with Gasteiger partial charge in [0.15, 0.2) is 11.6 Å². The predicted molar refractivity (Wildman–Crippen MR) is 69.0 cm³/mol. The minimum atomic E-state index is -5.05. The second kappa shape index (κ2) is 5.23. The zero-order chi connectivity index (χ0) is 18.7. The minimum absolute atomic E-state index is 0.414. The Labute approximate surface area is 135 Å². The SMILES string of the molecule is N#Cc1cc(-n2cc(C(F)(F)F)c3c2CC(F)(F)[C@H]3O)cc(F)c1F. The predicted octanol–water partition coefficient (Wildman–Crippen LogP) is 3.87. The Kier molecular flexibility index (Phi) is 3.61. The maximum absolute atomic E-state index is 13.7. The largest absolute Gasteiger partial charge is 0.418 e. The van der Waals surface area contributed by atoms with Gasteiger partial charge in [0.05, 0.1) is 17.5 Å². The molecule has 25 heavy (non-hydrogen) atoms. The van der Waals surface area contributed by atoms with E-state index in [4.69, 9.17) is 5.26 Å². The molecule has 1 aromatic heterocycles. The highest BCUT2D eigenvalue weighted by atomic mass is 19.4. The smallest absolute Gasteiger partial charge is 0.382 e. The summed E-state index contributed by atoms with van der Waals surface area (Å²) >= 11 is 0. The third-order valence-corrected chi connectivity index (χ3v) is 3.94. The van der Waals surface area contributed by atoms with Crippen LogP contribution in [0.25, 0.3) is 5.69 Å². The van der Waals surface area contributed by atoms with Crippen LogP contribution in [0.4, 0.5) is 30.7 Å². The fraction of sp³-hybridized carbons (Fsp3) is 0.267. The van der Waals surface area contributed by atoms with Crippen LogP contribution in [-0.2, 0) is 12.6 Å². The zero-order valence-corrected chi connectivity index (χ0v) is 12.0. The lowest BCUT2D eigenvalue weighted by Crippen LogP contribution is -2.24. The van der Waals surface area contributed by atoms with Crippen molar-refractivity contribution in [2.24, 2.45) is 0 Å². The second-order valence-corrected chi connectivity index (χ2v) is 5.51. The van der Waals surface area contributed by atoms with Gasteiger partial charge in [-0.15, -0.1) is 0 Å². The standard InChI is InChI=1S/C15H7F7N2O/c16-9-2-7(1-6(4-23)12(9)17)24-5-8(15(20,21)22)11-10(24)3-14(18,19)13(11)25/h1-2,5,13,25H,3H2/t13-/m0/s1. The third-order valence-electron chi connectivity index (χ3n) is 3.94. The van der Waals surface area contributed by atoms with Crippen LogP contribution in [0.5, 0.6) is 0 Å². The topological polar surface area (TPSA) is 49.0 Å². The molecule has 0 saturated carbocycles. The number of aliphatic hydroxyl groups excluding tert-OH is 1. The molecule has 1 N–H and O–H groups in total. The monoisotopic (exact) mass is 364 g/mol. The molecule has 0 bridgehead atoms. The molecule has 0 aliphatic heterocycles. The third kappa shape index (κ3) is 2.55. The van der Waals surface area contributed by atoms with Crippen molar-refractivity contribution in [1.82, 2.24) is 4.57 Å². The summed E-state index contributed by atoms with van der Waals surface area (Å²) in [6.45, 7) is 0. The minimum Gasteiger partial charge on any atom is -0.382 e. The van der Waals surface area contributed by atoms with E-state index in [-0.39, 0.29) is 0 Å². The summed E-state index contributed by atoms with van der Waals surface area (Å²) in [6, 6.07) is 2.55. The first-order chi connectivity index (χ1) is 11.5. The molecule has 0 fully saturated rings. The number of benzene rings is 1. The molecule has 1 heterocycles. The Hall–Kier alpha value is -2.54. The molecule has 3 nitrogen and oxygen atoms in total. The molecule has 0 radical (unpaired) electrons.